The Hall–Kier alpha value is -3.14. The number of phenols is 4. The summed E-state index contributed by atoms with van der Waals surface area (Å²) in [6, 6.07) is 11.4. The molecule has 218 valence electrons. The van der Waals surface area contributed by atoms with Crippen LogP contribution in [0.2, 0.25) is 0 Å². The van der Waals surface area contributed by atoms with Crippen LogP contribution in [0, 0.1) is 13.8 Å². The molecule has 3 aromatic carbocycles. The average Bonchev–Trinajstić information content (AvgIpc) is 2.75. The Morgan fingerprint density at radius 3 is 1.18 bits per heavy atom. The molecule has 0 aliphatic rings. The second-order valence-corrected chi connectivity index (χ2v) is 14.8. The Bertz CT molecular complexity index is 1320. The predicted molar refractivity (Wildman–Crippen MR) is 166 cm³/mol. The normalized spacial score (nSPS) is 13.6. The third kappa shape index (κ3) is 6.43. The van der Waals surface area contributed by atoms with Crippen LogP contribution in [0.25, 0.3) is 0 Å². The van der Waals surface area contributed by atoms with Gasteiger partial charge in [0.05, 0.1) is 0 Å². The van der Waals surface area contributed by atoms with Crippen LogP contribution in [0.5, 0.6) is 23.0 Å². The van der Waals surface area contributed by atoms with E-state index >= 15 is 0 Å². The second kappa shape index (κ2) is 10.7. The predicted octanol–water partition coefficient (Wildman–Crippen LogP) is 9.34. The molecule has 0 saturated heterocycles. The first kappa shape index (κ1) is 31.4. The van der Waals surface area contributed by atoms with E-state index in [1.807, 2.05) is 32.0 Å². The van der Waals surface area contributed by atoms with Crippen molar-refractivity contribution < 1.29 is 20.4 Å². The van der Waals surface area contributed by atoms with Crippen molar-refractivity contribution in [1.82, 2.24) is 0 Å². The molecule has 0 aromatic heterocycles. The molecule has 0 heterocycles. The zero-order valence-electron chi connectivity index (χ0n) is 26.6. The fourth-order valence-corrected chi connectivity index (χ4v) is 5.86. The Labute approximate surface area is 241 Å². The van der Waals surface area contributed by atoms with Crippen LogP contribution in [0.4, 0.5) is 0 Å². The van der Waals surface area contributed by atoms with Gasteiger partial charge >= 0.3 is 0 Å². The molecule has 0 bridgehead atoms. The van der Waals surface area contributed by atoms with Crippen molar-refractivity contribution in [3.05, 3.63) is 80.9 Å². The van der Waals surface area contributed by atoms with Crippen LogP contribution in [0.3, 0.4) is 0 Å². The Morgan fingerprint density at radius 2 is 0.825 bits per heavy atom. The lowest BCUT2D eigenvalue weighted by Crippen LogP contribution is -2.17. The summed E-state index contributed by atoms with van der Waals surface area (Å²) >= 11 is 0. The van der Waals surface area contributed by atoms with Gasteiger partial charge < -0.3 is 20.4 Å². The van der Waals surface area contributed by atoms with E-state index in [1.54, 1.807) is 0 Å². The maximum atomic E-state index is 11.0. The first-order chi connectivity index (χ1) is 18.1. The maximum absolute atomic E-state index is 11.0. The molecule has 0 radical (unpaired) electrons. The third-order valence-electron chi connectivity index (χ3n) is 8.21. The summed E-state index contributed by atoms with van der Waals surface area (Å²) in [7, 11) is 0. The monoisotopic (exact) mass is 546 g/mol. The van der Waals surface area contributed by atoms with Crippen molar-refractivity contribution in [3.63, 3.8) is 0 Å². The maximum Gasteiger partial charge on any atom is 0.123 e. The third-order valence-corrected chi connectivity index (χ3v) is 8.21. The quantitative estimate of drug-likeness (QED) is 0.257. The topological polar surface area (TPSA) is 80.9 Å². The molecule has 3 rings (SSSR count). The summed E-state index contributed by atoms with van der Waals surface area (Å²) in [4.78, 5) is 0. The molecule has 0 spiro atoms. The summed E-state index contributed by atoms with van der Waals surface area (Å²) in [6.07, 6.45) is 0.687. The molecule has 4 heteroatoms. The lowest BCUT2D eigenvalue weighted by atomic mass is 9.74. The van der Waals surface area contributed by atoms with Gasteiger partial charge in [-0.25, -0.2) is 0 Å². The highest BCUT2D eigenvalue weighted by molar-refractivity contribution is 5.54. The van der Waals surface area contributed by atoms with E-state index in [2.05, 4.69) is 81.4 Å². The Morgan fingerprint density at radius 1 is 0.500 bits per heavy atom. The van der Waals surface area contributed by atoms with Crippen molar-refractivity contribution in [2.24, 2.45) is 0 Å². The van der Waals surface area contributed by atoms with Gasteiger partial charge in [0.25, 0.3) is 0 Å². The van der Waals surface area contributed by atoms with Gasteiger partial charge in [-0.1, -0.05) is 81.4 Å². The van der Waals surface area contributed by atoms with Crippen molar-refractivity contribution in [3.8, 4) is 23.0 Å². The van der Waals surface area contributed by atoms with Crippen LogP contribution >= 0.6 is 0 Å². The summed E-state index contributed by atoms with van der Waals surface area (Å²) in [5.41, 5.74) is 6.84. The summed E-state index contributed by atoms with van der Waals surface area (Å²) in [5, 5.41) is 43.3. The highest BCUT2D eigenvalue weighted by Crippen LogP contribution is 2.46. The van der Waals surface area contributed by atoms with E-state index in [0.29, 0.717) is 17.9 Å². The van der Waals surface area contributed by atoms with Gasteiger partial charge in [-0.05, 0) is 105 Å². The van der Waals surface area contributed by atoms with Crippen LogP contribution in [-0.4, -0.2) is 20.4 Å². The SMILES string of the molecule is Cc1cc(O)c(C(C)(C)C)cc1C(CC(C)c1cc(C(C)(C)C)c(O)cc1O)c1cc(C(C)(C)C)c(O)cc1C. The molecule has 0 aliphatic carbocycles. The molecule has 3 aromatic rings. The van der Waals surface area contributed by atoms with Gasteiger partial charge in [-0.15, -0.1) is 0 Å². The minimum absolute atomic E-state index is 0.0516. The van der Waals surface area contributed by atoms with Crippen LogP contribution in [0.1, 0.15) is 132 Å². The van der Waals surface area contributed by atoms with Crippen molar-refractivity contribution in [2.75, 3.05) is 0 Å². The lowest BCUT2D eigenvalue weighted by Gasteiger charge is -2.31. The number of aryl methyl sites for hydroxylation is 2. The minimum atomic E-state index is -0.282. The van der Waals surface area contributed by atoms with E-state index < -0.39 is 0 Å². The van der Waals surface area contributed by atoms with Gasteiger partial charge in [0.2, 0.25) is 0 Å². The molecule has 0 fully saturated rings. The van der Waals surface area contributed by atoms with E-state index in [4.69, 9.17) is 0 Å². The lowest BCUT2D eigenvalue weighted by molar-refractivity contribution is 0.424. The first-order valence-electron chi connectivity index (χ1n) is 14.4. The van der Waals surface area contributed by atoms with Gasteiger partial charge in [0, 0.05) is 12.0 Å². The highest BCUT2D eigenvalue weighted by Gasteiger charge is 2.30. The zero-order chi connectivity index (χ0) is 30.5. The Balaban J connectivity index is 2.30. The molecule has 4 nitrogen and oxygen atoms in total. The molecule has 0 amide bonds. The fourth-order valence-electron chi connectivity index (χ4n) is 5.86. The van der Waals surface area contributed by atoms with Gasteiger partial charge in [0.1, 0.15) is 23.0 Å². The average molecular weight is 547 g/mol. The summed E-state index contributed by atoms with van der Waals surface area (Å²) in [6.45, 7) is 25.0. The molecule has 4 N–H and O–H groups in total. The smallest absolute Gasteiger partial charge is 0.123 e. The van der Waals surface area contributed by atoms with E-state index in [0.717, 1.165) is 44.5 Å². The van der Waals surface area contributed by atoms with Gasteiger partial charge in [0.15, 0.2) is 0 Å². The molecule has 0 aliphatic heterocycles. The molecular formula is C36H50O4. The van der Waals surface area contributed by atoms with Crippen LogP contribution < -0.4 is 0 Å². The number of benzene rings is 3. The zero-order valence-corrected chi connectivity index (χ0v) is 26.6. The first-order valence-corrected chi connectivity index (χ1v) is 14.4. The van der Waals surface area contributed by atoms with Gasteiger partial charge in [-0.3, -0.25) is 0 Å². The standard InChI is InChI=1S/C36H50O4/c1-20(25-18-29(36(10,11)12)33(40)19-30(25)37)13-26(23-16-27(34(4,5)6)31(38)14-21(23)2)24-17-28(35(7,8)9)32(39)15-22(24)3/h14-20,26,37-40H,13H2,1-12H3. The second-order valence-electron chi connectivity index (χ2n) is 14.8. The van der Waals surface area contributed by atoms with Crippen LogP contribution in [0.15, 0.2) is 36.4 Å². The Kier molecular flexibility index (Phi) is 8.39. The molecular weight excluding hydrogens is 496 g/mol. The summed E-state index contributed by atoms with van der Waals surface area (Å²) in [5.74, 6) is 0.668. The molecule has 0 saturated carbocycles. The van der Waals surface area contributed by atoms with Crippen molar-refractivity contribution in [1.29, 1.82) is 0 Å². The van der Waals surface area contributed by atoms with Crippen molar-refractivity contribution >= 4 is 0 Å². The minimum Gasteiger partial charge on any atom is -0.508 e. The van der Waals surface area contributed by atoms with Gasteiger partial charge in [-0.2, -0.15) is 0 Å². The molecule has 40 heavy (non-hydrogen) atoms. The number of phenolic OH excluding ortho intramolecular Hbond substituents is 4. The van der Waals surface area contributed by atoms with Crippen molar-refractivity contribution in [2.45, 2.75) is 118 Å². The van der Waals surface area contributed by atoms with E-state index in [9.17, 15) is 20.4 Å². The van der Waals surface area contributed by atoms with E-state index in [-0.39, 0.29) is 39.6 Å². The fraction of sp³-hybridized carbons (Fsp3) is 0.500. The number of hydrogen-bond donors (Lipinski definition) is 4. The van der Waals surface area contributed by atoms with Crippen LogP contribution in [-0.2, 0) is 16.2 Å². The van der Waals surface area contributed by atoms with E-state index in [1.165, 1.54) is 6.07 Å². The number of hydrogen-bond acceptors (Lipinski definition) is 4. The molecule has 1 unspecified atom stereocenters. The highest BCUT2D eigenvalue weighted by atomic mass is 16.3. The molecule has 1 atom stereocenters. The number of rotatable bonds is 5. The number of aromatic hydroxyl groups is 4. The summed E-state index contributed by atoms with van der Waals surface area (Å²) < 4.78 is 0. The largest absolute Gasteiger partial charge is 0.508 e.